The molecule has 0 aromatic rings. The van der Waals surface area contributed by atoms with Gasteiger partial charge in [0.05, 0.1) is 0 Å². The molecule has 1 heterocycles. The summed E-state index contributed by atoms with van der Waals surface area (Å²) in [5, 5.41) is 0. The molecular weight excluding hydrogens is 222 g/mol. The molecule has 2 atom stereocenters. The zero-order valence-electron chi connectivity index (χ0n) is 12.5. The molecule has 2 unspecified atom stereocenters. The maximum absolute atomic E-state index is 6.18. The first-order valence-corrected chi connectivity index (χ1v) is 7.69. The summed E-state index contributed by atoms with van der Waals surface area (Å²) in [4.78, 5) is 5.11. The lowest BCUT2D eigenvalue weighted by molar-refractivity contribution is 0.00608. The van der Waals surface area contributed by atoms with Gasteiger partial charge < -0.3 is 10.6 Å². The van der Waals surface area contributed by atoms with Crippen LogP contribution < -0.4 is 5.73 Å². The van der Waals surface area contributed by atoms with Crippen LogP contribution in [0.1, 0.15) is 45.4 Å². The summed E-state index contributed by atoms with van der Waals surface area (Å²) >= 11 is 0. The number of likely N-dealkylation sites (tertiary alicyclic amines) is 1. The summed E-state index contributed by atoms with van der Waals surface area (Å²) in [5.41, 5.74) is 6.47. The van der Waals surface area contributed by atoms with Crippen LogP contribution in [0, 0.1) is 5.92 Å². The van der Waals surface area contributed by atoms with Crippen LogP contribution in [0.5, 0.6) is 0 Å². The molecule has 1 saturated heterocycles. The third kappa shape index (κ3) is 2.89. The van der Waals surface area contributed by atoms with Crippen molar-refractivity contribution in [1.82, 2.24) is 9.80 Å². The van der Waals surface area contributed by atoms with E-state index >= 15 is 0 Å². The van der Waals surface area contributed by atoms with Gasteiger partial charge in [-0.1, -0.05) is 19.8 Å². The van der Waals surface area contributed by atoms with Gasteiger partial charge in [-0.15, -0.1) is 0 Å². The van der Waals surface area contributed by atoms with Crippen molar-refractivity contribution in [3.8, 4) is 0 Å². The molecule has 0 bridgehead atoms. The Hall–Kier alpha value is -0.120. The van der Waals surface area contributed by atoms with E-state index in [-0.39, 0.29) is 5.54 Å². The molecule has 0 radical (unpaired) electrons. The van der Waals surface area contributed by atoms with Crippen LogP contribution >= 0.6 is 0 Å². The minimum atomic E-state index is 0.290. The monoisotopic (exact) mass is 253 g/mol. The van der Waals surface area contributed by atoms with Gasteiger partial charge in [-0.05, 0) is 58.8 Å². The van der Waals surface area contributed by atoms with Gasteiger partial charge in [-0.3, -0.25) is 4.90 Å². The molecule has 2 rings (SSSR count). The van der Waals surface area contributed by atoms with E-state index in [9.17, 15) is 0 Å². The third-order valence-corrected chi connectivity index (χ3v) is 5.43. The Morgan fingerprint density at radius 2 is 1.94 bits per heavy atom. The number of nitrogens with zero attached hydrogens (tertiary/aromatic N) is 2. The van der Waals surface area contributed by atoms with Crippen molar-refractivity contribution in [3.63, 3.8) is 0 Å². The lowest BCUT2D eigenvalue weighted by atomic mass is 9.74. The molecular formula is C15H31N3. The van der Waals surface area contributed by atoms with Gasteiger partial charge in [0.25, 0.3) is 0 Å². The minimum Gasteiger partial charge on any atom is -0.329 e. The van der Waals surface area contributed by atoms with Crippen LogP contribution in [0.25, 0.3) is 0 Å². The topological polar surface area (TPSA) is 32.5 Å². The number of likely N-dealkylation sites (N-methyl/N-ethyl adjacent to an activating group) is 1. The number of piperidine rings is 1. The molecule has 0 amide bonds. The van der Waals surface area contributed by atoms with Crippen molar-refractivity contribution in [3.05, 3.63) is 0 Å². The number of hydrogen-bond donors (Lipinski definition) is 1. The maximum atomic E-state index is 6.18. The second-order valence-corrected chi connectivity index (χ2v) is 6.78. The summed E-state index contributed by atoms with van der Waals surface area (Å²) in [5.74, 6) is 0.844. The average Bonchev–Trinajstić information content (AvgIpc) is 2.38. The van der Waals surface area contributed by atoms with Crippen molar-refractivity contribution in [2.75, 3.05) is 33.7 Å². The molecule has 2 fully saturated rings. The van der Waals surface area contributed by atoms with E-state index in [2.05, 4.69) is 30.8 Å². The molecule has 1 aliphatic heterocycles. The first kappa shape index (κ1) is 14.3. The van der Waals surface area contributed by atoms with E-state index in [0.29, 0.717) is 0 Å². The van der Waals surface area contributed by atoms with E-state index in [1.54, 1.807) is 0 Å². The summed E-state index contributed by atoms with van der Waals surface area (Å²) in [7, 11) is 4.57. The van der Waals surface area contributed by atoms with E-state index in [0.717, 1.165) is 18.5 Å². The summed E-state index contributed by atoms with van der Waals surface area (Å²) in [6.45, 7) is 5.71. The quantitative estimate of drug-likeness (QED) is 0.834. The molecule has 106 valence electrons. The van der Waals surface area contributed by atoms with Crippen molar-refractivity contribution >= 4 is 0 Å². The van der Waals surface area contributed by atoms with Gasteiger partial charge >= 0.3 is 0 Å². The Kier molecular flexibility index (Phi) is 4.68. The second kappa shape index (κ2) is 5.89. The van der Waals surface area contributed by atoms with E-state index in [1.165, 1.54) is 51.6 Å². The minimum absolute atomic E-state index is 0.290. The maximum Gasteiger partial charge on any atom is 0.0334 e. The fraction of sp³-hybridized carbons (Fsp3) is 1.00. The van der Waals surface area contributed by atoms with Crippen LogP contribution in [-0.2, 0) is 0 Å². The highest BCUT2D eigenvalue weighted by Crippen LogP contribution is 2.37. The standard InChI is InChI=1S/C15H31N3/c1-13-5-4-8-15(11-13,12-16)18(3)14-6-9-17(2)10-7-14/h13-14H,4-12,16H2,1-3H3. The zero-order chi connectivity index (χ0) is 13.2. The summed E-state index contributed by atoms with van der Waals surface area (Å²) < 4.78 is 0. The third-order valence-electron chi connectivity index (χ3n) is 5.43. The highest BCUT2D eigenvalue weighted by molar-refractivity contribution is 4.97. The van der Waals surface area contributed by atoms with Crippen LogP contribution in [0.2, 0.25) is 0 Å². The van der Waals surface area contributed by atoms with Gasteiger partial charge in [0, 0.05) is 18.1 Å². The fourth-order valence-electron chi connectivity index (χ4n) is 4.05. The predicted octanol–water partition coefficient (Wildman–Crippen LogP) is 1.92. The normalized spacial score (nSPS) is 36.2. The number of hydrogen-bond acceptors (Lipinski definition) is 3. The van der Waals surface area contributed by atoms with E-state index in [4.69, 9.17) is 5.73 Å². The molecule has 0 aromatic heterocycles. The second-order valence-electron chi connectivity index (χ2n) is 6.78. The van der Waals surface area contributed by atoms with Gasteiger partial charge in [0.1, 0.15) is 0 Å². The van der Waals surface area contributed by atoms with Gasteiger partial charge in [-0.25, -0.2) is 0 Å². The molecule has 1 saturated carbocycles. The van der Waals surface area contributed by atoms with Crippen LogP contribution in [0.4, 0.5) is 0 Å². The van der Waals surface area contributed by atoms with Gasteiger partial charge in [-0.2, -0.15) is 0 Å². The van der Waals surface area contributed by atoms with E-state index in [1.807, 2.05) is 0 Å². The Labute approximate surface area is 113 Å². The average molecular weight is 253 g/mol. The lowest BCUT2D eigenvalue weighted by Crippen LogP contribution is -2.59. The molecule has 3 nitrogen and oxygen atoms in total. The zero-order valence-corrected chi connectivity index (χ0v) is 12.5. The van der Waals surface area contributed by atoms with Crippen molar-refractivity contribution < 1.29 is 0 Å². The van der Waals surface area contributed by atoms with Gasteiger partial charge in [0.15, 0.2) is 0 Å². The Bertz CT molecular complexity index is 260. The van der Waals surface area contributed by atoms with Crippen LogP contribution in [0.15, 0.2) is 0 Å². The SMILES string of the molecule is CC1CCCC(CN)(N(C)C2CCN(C)CC2)C1. The van der Waals surface area contributed by atoms with Crippen molar-refractivity contribution in [2.24, 2.45) is 11.7 Å². The Morgan fingerprint density at radius 1 is 1.28 bits per heavy atom. The molecule has 1 aliphatic carbocycles. The van der Waals surface area contributed by atoms with Gasteiger partial charge in [0.2, 0.25) is 0 Å². The number of nitrogens with two attached hydrogens (primary N) is 1. The van der Waals surface area contributed by atoms with Crippen molar-refractivity contribution in [1.29, 1.82) is 0 Å². The lowest BCUT2D eigenvalue weighted by Gasteiger charge is -2.50. The summed E-state index contributed by atoms with van der Waals surface area (Å²) in [6, 6.07) is 0.745. The first-order valence-electron chi connectivity index (χ1n) is 7.69. The number of rotatable bonds is 3. The fourth-order valence-corrected chi connectivity index (χ4v) is 4.05. The summed E-state index contributed by atoms with van der Waals surface area (Å²) in [6.07, 6.45) is 7.97. The molecule has 0 spiro atoms. The predicted molar refractivity (Wildman–Crippen MR) is 77.7 cm³/mol. The molecule has 2 N–H and O–H groups in total. The highest BCUT2D eigenvalue weighted by Gasteiger charge is 2.40. The Balaban J connectivity index is 2.02. The van der Waals surface area contributed by atoms with E-state index < -0.39 is 0 Å². The van der Waals surface area contributed by atoms with Crippen LogP contribution in [-0.4, -0.2) is 55.1 Å². The first-order chi connectivity index (χ1) is 8.57. The molecule has 3 heteroatoms. The molecule has 2 aliphatic rings. The highest BCUT2D eigenvalue weighted by atomic mass is 15.2. The van der Waals surface area contributed by atoms with Crippen molar-refractivity contribution in [2.45, 2.75) is 57.0 Å². The Morgan fingerprint density at radius 3 is 2.50 bits per heavy atom. The molecule has 0 aromatic carbocycles. The molecule has 18 heavy (non-hydrogen) atoms. The smallest absolute Gasteiger partial charge is 0.0334 e. The largest absolute Gasteiger partial charge is 0.329 e. The van der Waals surface area contributed by atoms with Crippen LogP contribution in [0.3, 0.4) is 0 Å².